The van der Waals surface area contributed by atoms with E-state index in [0.29, 0.717) is 16.6 Å². The molecule has 29 heavy (non-hydrogen) atoms. The maximum Gasteiger partial charge on any atom is 0.299 e. The normalized spacial score (nSPS) is 10.9. The Balaban J connectivity index is 1.28. The van der Waals surface area contributed by atoms with Crippen LogP contribution in [0, 0.1) is 0 Å². The second kappa shape index (κ2) is 7.21. The van der Waals surface area contributed by atoms with Gasteiger partial charge in [-0.15, -0.1) is 5.10 Å². The summed E-state index contributed by atoms with van der Waals surface area (Å²) in [6.45, 7) is 0. The minimum atomic E-state index is -0.311. The summed E-state index contributed by atoms with van der Waals surface area (Å²) in [5.41, 5.74) is 2.37. The fourth-order valence-corrected chi connectivity index (χ4v) is 3.44. The number of hydrogen-bond acceptors (Lipinski definition) is 7. The van der Waals surface area contributed by atoms with E-state index < -0.39 is 0 Å². The van der Waals surface area contributed by atoms with E-state index in [2.05, 4.69) is 20.4 Å². The number of aromatic nitrogens is 4. The maximum absolute atomic E-state index is 12.0. The lowest BCUT2D eigenvalue weighted by Crippen LogP contribution is -2.10. The number of rotatable bonds is 5. The van der Waals surface area contributed by atoms with Gasteiger partial charge in [0.05, 0.1) is 18.2 Å². The molecule has 9 heteroatoms. The van der Waals surface area contributed by atoms with Crippen molar-refractivity contribution in [2.75, 3.05) is 5.32 Å². The average Bonchev–Trinajstić information content (AvgIpc) is 3.47. The first-order valence-electron chi connectivity index (χ1n) is 8.64. The SMILES string of the molecule is O=C(Nc1ccc(Oc2nn3cc(-c4cccnc4)nc3s2)cc1)c1ccco1. The van der Waals surface area contributed by atoms with Gasteiger partial charge >= 0.3 is 0 Å². The zero-order valence-electron chi connectivity index (χ0n) is 14.9. The molecule has 0 saturated heterocycles. The Morgan fingerprint density at radius 1 is 1.14 bits per heavy atom. The lowest BCUT2D eigenvalue weighted by molar-refractivity contribution is 0.0996. The number of furan rings is 1. The largest absolute Gasteiger partial charge is 0.459 e. The first kappa shape index (κ1) is 17.1. The number of benzene rings is 1. The Bertz CT molecular complexity index is 1230. The van der Waals surface area contributed by atoms with Crippen LogP contribution < -0.4 is 10.1 Å². The second-order valence-corrected chi connectivity index (χ2v) is 6.94. The number of anilines is 1. The summed E-state index contributed by atoms with van der Waals surface area (Å²) in [6, 6.07) is 14.1. The van der Waals surface area contributed by atoms with Gasteiger partial charge in [-0.3, -0.25) is 9.78 Å². The molecule has 4 heterocycles. The number of pyridine rings is 1. The molecule has 0 spiro atoms. The Morgan fingerprint density at radius 3 is 2.76 bits per heavy atom. The summed E-state index contributed by atoms with van der Waals surface area (Å²) in [7, 11) is 0. The number of nitrogens with zero attached hydrogens (tertiary/aromatic N) is 4. The maximum atomic E-state index is 12.0. The summed E-state index contributed by atoms with van der Waals surface area (Å²) in [4.78, 5) is 21.4. The number of amides is 1. The molecule has 8 nitrogen and oxygen atoms in total. The molecule has 1 N–H and O–H groups in total. The van der Waals surface area contributed by atoms with Gasteiger partial charge in [-0.1, -0.05) is 0 Å². The average molecular weight is 403 g/mol. The zero-order chi connectivity index (χ0) is 19.6. The van der Waals surface area contributed by atoms with E-state index >= 15 is 0 Å². The Kier molecular flexibility index (Phi) is 4.26. The highest BCUT2D eigenvalue weighted by molar-refractivity contribution is 7.18. The number of carbonyl (C=O) groups is 1. The van der Waals surface area contributed by atoms with Crippen LogP contribution in [0.15, 0.2) is 77.8 Å². The number of imidazole rings is 1. The van der Waals surface area contributed by atoms with E-state index in [0.717, 1.165) is 16.2 Å². The van der Waals surface area contributed by atoms with Crippen LogP contribution in [0.4, 0.5) is 5.69 Å². The molecule has 0 aliphatic rings. The monoisotopic (exact) mass is 403 g/mol. The minimum Gasteiger partial charge on any atom is -0.459 e. The molecule has 0 saturated carbocycles. The zero-order valence-corrected chi connectivity index (χ0v) is 15.7. The first-order chi connectivity index (χ1) is 14.2. The highest BCUT2D eigenvalue weighted by Crippen LogP contribution is 2.29. The van der Waals surface area contributed by atoms with Gasteiger partial charge in [0, 0.05) is 23.6 Å². The van der Waals surface area contributed by atoms with E-state index in [1.54, 1.807) is 53.3 Å². The van der Waals surface area contributed by atoms with Gasteiger partial charge in [0.15, 0.2) is 5.76 Å². The van der Waals surface area contributed by atoms with Gasteiger partial charge in [0.1, 0.15) is 5.75 Å². The van der Waals surface area contributed by atoms with Crippen LogP contribution in [0.2, 0.25) is 0 Å². The smallest absolute Gasteiger partial charge is 0.299 e. The predicted molar refractivity (Wildman–Crippen MR) is 107 cm³/mol. The van der Waals surface area contributed by atoms with Crippen molar-refractivity contribution in [2.24, 2.45) is 0 Å². The summed E-state index contributed by atoms with van der Waals surface area (Å²) in [6.07, 6.45) is 6.77. The van der Waals surface area contributed by atoms with Crippen LogP contribution in [0.25, 0.3) is 16.2 Å². The van der Waals surface area contributed by atoms with Crippen molar-refractivity contribution in [3.8, 4) is 22.2 Å². The minimum absolute atomic E-state index is 0.252. The van der Waals surface area contributed by atoms with Crippen LogP contribution >= 0.6 is 11.3 Å². The molecule has 0 unspecified atom stereocenters. The van der Waals surface area contributed by atoms with Gasteiger partial charge in [-0.2, -0.15) is 0 Å². The van der Waals surface area contributed by atoms with Crippen LogP contribution in [0.1, 0.15) is 10.6 Å². The summed E-state index contributed by atoms with van der Waals surface area (Å²) >= 11 is 1.34. The van der Waals surface area contributed by atoms with E-state index in [9.17, 15) is 4.79 Å². The third-order valence-electron chi connectivity index (χ3n) is 4.04. The van der Waals surface area contributed by atoms with Crippen LogP contribution in [0.3, 0.4) is 0 Å². The third kappa shape index (κ3) is 3.58. The quantitative estimate of drug-likeness (QED) is 0.465. The standard InChI is InChI=1S/C20H13N5O3S/c26-18(17-4-2-10-27-17)22-14-5-7-15(8-6-14)28-20-24-25-12-16(23-19(25)29-20)13-3-1-9-21-11-13/h1-12H,(H,22,26). The van der Waals surface area contributed by atoms with Crippen molar-refractivity contribution < 1.29 is 13.9 Å². The van der Waals surface area contributed by atoms with Crippen molar-refractivity contribution in [2.45, 2.75) is 0 Å². The highest BCUT2D eigenvalue weighted by atomic mass is 32.1. The fraction of sp³-hybridized carbons (Fsp3) is 0. The Morgan fingerprint density at radius 2 is 2.03 bits per heavy atom. The molecule has 5 aromatic rings. The first-order valence-corrected chi connectivity index (χ1v) is 9.46. The fourth-order valence-electron chi connectivity index (χ4n) is 2.68. The highest BCUT2D eigenvalue weighted by Gasteiger charge is 2.12. The lowest BCUT2D eigenvalue weighted by Gasteiger charge is -2.05. The molecular formula is C20H13N5O3S. The third-order valence-corrected chi connectivity index (χ3v) is 4.84. The van der Waals surface area contributed by atoms with Gasteiger partial charge in [-0.25, -0.2) is 9.50 Å². The number of fused-ring (bicyclic) bond motifs is 1. The number of hydrogen-bond donors (Lipinski definition) is 1. The molecule has 0 radical (unpaired) electrons. The van der Waals surface area contributed by atoms with Crippen LogP contribution in [0.5, 0.6) is 10.9 Å². The Hall–Kier alpha value is -3.98. The molecule has 0 atom stereocenters. The van der Waals surface area contributed by atoms with E-state index in [1.165, 1.54) is 17.6 Å². The van der Waals surface area contributed by atoms with Crippen molar-refractivity contribution in [1.82, 2.24) is 19.6 Å². The van der Waals surface area contributed by atoms with Gasteiger partial charge in [-0.05, 0) is 59.9 Å². The van der Waals surface area contributed by atoms with Gasteiger partial charge in [0.2, 0.25) is 4.96 Å². The molecule has 142 valence electrons. The van der Waals surface area contributed by atoms with E-state index in [1.807, 2.05) is 18.3 Å². The second-order valence-electron chi connectivity index (χ2n) is 6.02. The van der Waals surface area contributed by atoms with Crippen LogP contribution in [-0.2, 0) is 0 Å². The summed E-state index contributed by atoms with van der Waals surface area (Å²) in [5.74, 6) is 0.543. The molecule has 0 aliphatic carbocycles. The van der Waals surface area contributed by atoms with Crippen LogP contribution in [-0.4, -0.2) is 25.5 Å². The molecule has 0 aliphatic heterocycles. The molecule has 5 rings (SSSR count). The molecule has 0 fully saturated rings. The van der Waals surface area contributed by atoms with Crippen molar-refractivity contribution in [1.29, 1.82) is 0 Å². The topological polar surface area (TPSA) is 94.5 Å². The number of ether oxygens (including phenoxy) is 1. The van der Waals surface area contributed by atoms with E-state index in [4.69, 9.17) is 9.15 Å². The lowest BCUT2D eigenvalue weighted by atomic mass is 10.2. The molecule has 0 bridgehead atoms. The molecule has 4 aromatic heterocycles. The Labute approximate surface area is 168 Å². The predicted octanol–water partition coefficient (Wildman–Crippen LogP) is 4.49. The summed E-state index contributed by atoms with van der Waals surface area (Å²) < 4.78 is 12.6. The molecule has 1 aromatic carbocycles. The van der Waals surface area contributed by atoms with Crippen molar-refractivity contribution in [3.63, 3.8) is 0 Å². The van der Waals surface area contributed by atoms with Gasteiger partial charge in [0.25, 0.3) is 11.1 Å². The van der Waals surface area contributed by atoms with E-state index in [-0.39, 0.29) is 11.7 Å². The summed E-state index contributed by atoms with van der Waals surface area (Å²) in [5, 5.41) is 7.63. The van der Waals surface area contributed by atoms with Gasteiger partial charge < -0.3 is 14.5 Å². The number of carbonyl (C=O) groups excluding carboxylic acids is 1. The van der Waals surface area contributed by atoms with Crippen molar-refractivity contribution >= 4 is 27.9 Å². The van der Waals surface area contributed by atoms with Crippen molar-refractivity contribution in [3.05, 3.63) is 79.1 Å². The molecular weight excluding hydrogens is 390 g/mol. The number of nitrogens with one attached hydrogen (secondary N) is 1. The molecule has 1 amide bonds.